The quantitative estimate of drug-likeness (QED) is 0.710. The molecule has 0 spiro atoms. The highest BCUT2D eigenvalue weighted by molar-refractivity contribution is 5.28. The fourth-order valence-corrected chi connectivity index (χ4v) is 1.40. The highest BCUT2D eigenvalue weighted by Gasteiger charge is 2.04. The number of nitrogens with zero attached hydrogens (tertiary/aromatic N) is 3. The molecule has 1 heterocycles. The van der Waals surface area contributed by atoms with Gasteiger partial charge in [0.2, 0.25) is 5.95 Å². The van der Waals surface area contributed by atoms with Gasteiger partial charge >= 0.3 is 0 Å². The molecule has 0 atom stereocenters. The zero-order valence-electron chi connectivity index (χ0n) is 11.8. The third kappa shape index (κ3) is 5.42. The molecule has 1 aromatic rings. The molecular weight excluding hydrogens is 228 g/mol. The van der Waals surface area contributed by atoms with Gasteiger partial charge in [-0.2, -0.15) is 0 Å². The summed E-state index contributed by atoms with van der Waals surface area (Å²) in [7, 11) is 1.97. The largest absolute Gasteiger partial charge is 0.380 e. The Morgan fingerprint density at radius 2 is 2.00 bits per heavy atom. The van der Waals surface area contributed by atoms with E-state index in [4.69, 9.17) is 4.74 Å². The highest BCUT2D eigenvalue weighted by Crippen LogP contribution is 2.04. The number of likely N-dealkylation sites (N-methyl/N-ethyl adjacent to an activating group) is 1. The molecule has 18 heavy (non-hydrogen) atoms. The van der Waals surface area contributed by atoms with Crippen LogP contribution in [-0.4, -0.2) is 42.8 Å². The van der Waals surface area contributed by atoms with E-state index in [0.29, 0.717) is 12.6 Å². The zero-order valence-corrected chi connectivity index (χ0v) is 11.8. The Hall–Kier alpha value is -1.20. The summed E-state index contributed by atoms with van der Waals surface area (Å²) in [5, 5.41) is 3.34. The van der Waals surface area contributed by atoms with E-state index in [2.05, 4.69) is 29.1 Å². The van der Waals surface area contributed by atoms with E-state index in [9.17, 15) is 0 Å². The molecule has 0 aliphatic carbocycles. The second-order valence-corrected chi connectivity index (χ2v) is 4.55. The Morgan fingerprint density at radius 3 is 2.56 bits per heavy atom. The van der Waals surface area contributed by atoms with Crippen molar-refractivity contribution in [3.05, 3.63) is 18.0 Å². The molecule has 0 bridgehead atoms. The van der Waals surface area contributed by atoms with Gasteiger partial charge in [-0.15, -0.1) is 0 Å². The molecule has 0 amide bonds. The summed E-state index contributed by atoms with van der Waals surface area (Å²) in [5.74, 6) is 0.739. The van der Waals surface area contributed by atoms with E-state index in [-0.39, 0.29) is 0 Å². The van der Waals surface area contributed by atoms with E-state index < -0.39 is 0 Å². The average molecular weight is 252 g/mol. The first-order valence-electron chi connectivity index (χ1n) is 6.46. The lowest BCUT2D eigenvalue weighted by Crippen LogP contribution is -2.25. The number of rotatable bonds is 8. The van der Waals surface area contributed by atoms with E-state index in [1.165, 1.54) is 0 Å². The van der Waals surface area contributed by atoms with Crippen molar-refractivity contribution in [3.8, 4) is 0 Å². The SMILES string of the molecule is CCOCCN(C)c1ncc(CNC(C)C)cn1. The molecule has 102 valence electrons. The summed E-state index contributed by atoms with van der Waals surface area (Å²) in [5.41, 5.74) is 1.10. The van der Waals surface area contributed by atoms with Crippen LogP contribution in [0.5, 0.6) is 0 Å². The van der Waals surface area contributed by atoms with Gasteiger partial charge in [0.25, 0.3) is 0 Å². The van der Waals surface area contributed by atoms with Crippen molar-refractivity contribution in [2.24, 2.45) is 0 Å². The Balaban J connectivity index is 2.43. The van der Waals surface area contributed by atoms with Crippen LogP contribution in [0.15, 0.2) is 12.4 Å². The second-order valence-electron chi connectivity index (χ2n) is 4.55. The lowest BCUT2D eigenvalue weighted by molar-refractivity contribution is 0.154. The molecule has 0 radical (unpaired) electrons. The summed E-state index contributed by atoms with van der Waals surface area (Å²) in [6, 6.07) is 0.471. The minimum atomic E-state index is 0.471. The van der Waals surface area contributed by atoms with Gasteiger partial charge in [-0.3, -0.25) is 0 Å². The summed E-state index contributed by atoms with van der Waals surface area (Å²) >= 11 is 0. The normalized spacial score (nSPS) is 10.9. The van der Waals surface area contributed by atoms with Gasteiger partial charge in [0.05, 0.1) is 6.61 Å². The van der Waals surface area contributed by atoms with Crippen molar-refractivity contribution in [1.29, 1.82) is 0 Å². The van der Waals surface area contributed by atoms with Crippen LogP contribution in [0.25, 0.3) is 0 Å². The van der Waals surface area contributed by atoms with Crippen molar-refractivity contribution >= 4 is 5.95 Å². The standard InChI is InChI=1S/C13H24N4O/c1-5-18-7-6-17(4)13-15-9-12(10-16-13)8-14-11(2)3/h9-11,14H,5-8H2,1-4H3. The summed E-state index contributed by atoms with van der Waals surface area (Å²) in [4.78, 5) is 10.7. The lowest BCUT2D eigenvalue weighted by Gasteiger charge is -2.16. The van der Waals surface area contributed by atoms with Crippen molar-refractivity contribution in [2.75, 3.05) is 31.7 Å². The fraction of sp³-hybridized carbons (Fsp3) is 0.692. The Morgan fingerprint density at radius 1 is 1.33 bits per heavy atom. The van der Waals surface area contributed by atoms with Crippen LogP contribution in [0.1, 0.15) is 26.3 Å². The first-order chi connectivity index (χ1) is 8.63. The maximum Gasteiger partial charge on any atom is 0.225 e. The minimum Gasteiger partial charge on any atom is -0.380 e. The number of aromatic nitrogens is 2. The Bertz CT molecular complexity index is 326. The van der Waals surface area contributed by atoms with Gasteiger partial charge in [0.15, 0.2) is 0 Å². The van der Waals surface area contributed by atoms with Crippen LogP contribution in [0.2, 0.25) is 0 Å². The predicted octanol–water partition coefficient (Wildman–Crippen LogP) is 1.45. The Labute approximate surface area is 110 Å². The van der Waals surface area contributed by atoms with Crippen LogP contribution < -0.4 is 10.2 Å². The molecule has 0 saturated carbocycles. The maximum atomic E-state index is 5.31. The highest BCUT2D eigenvalue weighted by atomic mass is 16.5. The molecule has 0 aliphatic heterocycles. The molecule has 1 N–H and O–H groups in total. The van der Waals surface area contributed by atoms with Gasteiger partial charge in [0.1, 0.15) is 0 Å². The third-order valence-corrected chi connectivity index (χ3v) is 2.52. The molecule has 0 fully saturated rings. The molecule has 0 aromatic carbocycles. The summed E-state index contributed by atoms with van der Waals surface area (Å²) in [6.07, 6.45) is 3.74. The van der Waals surface area contributed by atoms with Crippen LogP contribution in [0.4, 0.5) is 5.95 Å². The first kappa shape index (κ1) is 14.9. The predicted molar refractivity (Wildman–Crippen MR) is 73.8 cm³/mol. The van der Waals surface area contributed by atoms with Gasteiger partial charge in [-0.05, 0) is 6.92 Å². The van der Waals surface area contributed by atoms with E-state index >= 15 is 0 Å². The van der Waals surface area contributed by atoms with E-state index in [1.807, 2.05) is 31.3 Å². The zero-order chi connectivity index (χ0) is 13.4. The molecule has 1 aromatic heterocycles. The number of hydrogen-bond acceptors (Lipinski definition) is 5. The number of anilines is 1. The monoisotopic (exact) mass is 252 g/mol. The van der Waals surface area contributed by atoms with E-state index in [0.717, 1.165) is 31.2 Å². The summed E-state index contributed by atoms with van der Waals surface area (Å²) in [6.45, 7) is 9.29. The van der Waals surface area contributed by atoms with Gasteiger partial charge < -0.3 is 15.0 Å². The summed E-state index contributed by atoms with van der Waals surface area (Å²) < 4.78 is 5.31. The van der Waals surface area contributed by atoms with Crippen molar-refractivity contribution in [3.63, 3.8) is 0 Å². The average Bonchev–Trinajstić information content (AvgIpc) is 2.37. The molecule has 0 aliphatic rings. The van der Waals surface area contributed by atoms with Gasteiger partial charge in [0, 0.05) is 50.7 Å². The molecular formula is C13H24N4O. The minimum absolute atomic E-state index is 0.471. The molecule has 5 heteroatoms. The third-order valence-electron chi connectivity index (χ3n) is 2.52. The smallest absolute Gasteiger partial charge is 0.225 e. The fourth-order valence-electron chi connectivity index (χ4n) is 1.40. The van der Waals surface area contributed by atoms with Crippen LogP contribution >= 0.6 is 0 Å². The first-order valence-corrected chi connectivity index (χ1v) is 6.46. The van der Waals surface area contributed by atoms with Crippen LogP contribution in [0.3, 0.4) is 0 Å². The topological polar surface area (TPSA) is 50.3 Å². The molecule has 0 unspecified atom stereocenters. The maximum absolute atomic E-state index is 5.31. The van der Waals surface area contributed by atoms with Crippen molar-refractivity contribution in [2.45, 2.75) is 33.4 Å². The number of hydrogen-bond donors (Lipinski definition) is 1. The van der Waals surface area contributed by atoms with E-state index in [1.54, 1.807) is 0 Å². The molecule has 5 nitrogen and oxygen atoms in total. The van der Waals surface area contributed by atoms with Gasteiger partial charge in [-0.25, -0.2) is 9.97 Å². The molecule has 1 rings (SSSR count). The Kier molecular flexibility index (Phi) is 6.60. The molecule has 0 saturated heterocycles. The van der Waals surface area contributed by atoms with Crippen molar-refractivity contribution in [1.82, 2.24) is 15.3 Å². The van der Waals surface area contributed by atoms with Crippen LogP contribution in [-0.2, 0) is 11.3 Å². The van der Waals surface area contributed by atoms with Gasteiger partial charge in [-0.1, -0.05) is 13.8 Å². The van der Waals surface area contributed by atoms with Crippen molar-refractivity contribution < 1.29 is 4.74 Å². The lowest BCUT2D eigenvalue weighted by atomic mass is 10.3. The van der Waals surface area contributed by atoms with Crippen LogP contribution in [0, 0.1) is 0 Å². The number of nitrogens with one attached hydrogen (secondary N) is 1. The number of ether oxygens (including phenoxy) is 1. The second kappa shape index (κ2) is 8.00.